The molecule has 0 spiro atoms. The molecule has 7 heteroatoms. The van der Waals surface area contributed by atoms with Crippen LogP contribution in [0.4, 0.5) is 8.78 Å². The number of rotatable bonds is 2. The summed E-state index contributed by atoms with van der Waals surface area (Å²) in [6, 6.07) is 5.59. The van der Waals surface area contributed by atoms with Crippen LogP contribution >= 0.6 is 35.3 Å². The Balaban J connectivity index is 1.90. The lowest BCUT2D eigenvalue weighted by molar-refractivity contribution is -0.115. The Kier molecular flexibility index (Phi) is 3.88. The summed E-state index contributed by atoms with van der Waals surface area (Å²) < 4.78 is 26.6. The van der Waals surface area contributed by atoms with Gasteiger partial charge in [0.15, 0.2) is 11.6 Å². The molecule has 0 radical (unpaired) electrons. The fourth-order valence-electron chi connectivity index (χ4n) is 1.81. The van der Waals surface area contributed by atoms with Gasteiger partial charge in [-0.05, 0) is 40.8 Å². The molecule has 21 heavy (non-hydrogen) atoms. The molecule has 0 saturated carbocycles. The first-order chi connectivity index (χ1) is 10.0. The highest BCUT2D eigenvalue weighted by atomic mass is 32.2. The first kappa shape index (κ1) is 14.4. The van der Waals surface area contributed by atoms with Gasteiger partial charge < -0.3 is 5.32 Å². The molecule has 3 rings (SSSR count). The van der Waals surface area contributed by atoms with Crippen LogP contribution in [0.3, 0.4) is 0 Å². The maximum atomic E-state index is 13.2. The largest absolute Gasteiger partial charge is 0.307 e. The van der Waals surface area contributed by atoms with Crippen LogP contribution in [-0.2, 0) is 4.79 Å². The number of thioether (sulfide) groups is 1. The van der Waals surface area contributed by atoms with Gasteiger partial charge >= 0.3 is 0 Å². The molecule has 1 aromatic carbocycles. The maximum absolute atomic E-state index is 13.2. The molecule has 1 aliphatic rings. The molecule has 1 fully saturated rings. The molecular formula is C14H7F2NOS3. The van der Waals surface area contributed by atoms with E-state index in [0.717, 1.165) is 22.6 Å². The van der Waals surface area contributed by atoms with Crippen molar-refractivity contribution < 1.29 is 13.6 Å². The molecule has 1 saturated heterocycles. The highest BCUT2D eigenvalue weighted by Gasteiger charge is 2.22. The molecule has 1 amide bonds. The van der Waals surface area contributed by atoms with E-state index in [1.54, 1.807) is 6.08 Å². The summed E-state index contributed by atoms with van der Waals surface area (Å²) in [5.74, 6) is -1.97. The topological polar surface area (TPSA) is 29.1 Å². The lowest BCUT2D eigenvalue weighted by Gasteiger charge is -1.98. The van der Waals surface area contributed by atoms with E-state index >= 15 is 0 Å². The van der Waals surface area contributed by atoms with Crippen molar-refractivity contribution in [3.63, 3.8) is 0 Å². The Morgan fingerprint density at radius 1 is 1.14 bits per heavy atom. The standard InChI is InChI=1S/C14H7F2NOS3/c15-10-2-1-7(4-11(10)16)8-3-9(20-6-8)5-12-13(18)17-14(19)21-12/h1-6H,(H,17,18,19). The van der Waals surface area contributed by atoms with Crippen molar-refractivity contribution in [1.29, 1.82) is 0 Å². The van der Waals surface area contributed by atoms with Crippen molar-refractivity contribution in [2.75, 3.05) is 0 Å². The maximum Gasteiger partial charge on any atom is 0.263 e. The minimum absolute atomic E-state index is 0.215. The summed E-state index contributed by atoms with van der Waals surface area (Å²) in [6.45, 7) is 0. The Bertz CT molecular complexity index is 782. The van der Waals surface area contributed by atoms with Crippen LogP contribution in [-0.4, -0.2) is 10.2 Å². The van der Waals surface area contributed by atoms with E-state index in [4.69, 9.17) is 12.2 Å². The zero-order chi connectivity index (χ0) is 15.0. The molecule has 1 aromatic heterocycles. The summed E-state index contributed by atoms with van der Waals surface area (Å²) in [4.78, 5) is 12.9. The molecule has 106 valence electrons. The second-order valence-electron chi connectivity index (χ2n) is 4.22. The van der Waals surface area contributed by atoms with Gasteiger partial charge in [0.25, 0.3) is 5.91 Å². The Morgan fingerprint density at radius 2 is 1.95 bits per heavy atom. The zero-order valence-electron chi connectivity index (χ0n) is 10.4. The molecule has 2 nitrogen and oxygen atoms in total. The zero-order valence-corrected chi connectivity index (χ0v) is 12.8. The average Bonchev–Trinajstić information content (AvgIpc) is 3.01. The van der Waals surface area contributed by atoms with Crippen molar-refractivity contribution in [2.45, 2.75) is 0 Å². The molecule has 0 atom stereocenters. The predicted octanol–water partition coefficient (Wildman–Crippen LogP) is 4.18. The van der Waals surface area contributed by atoms with Crippen LogP contribution in [0.5, 0.6) is 0 Å². The predicted molar refractivity (Wildman–Crippen MR) is 86.0 cm³/mol. The molecule has 2 aromatic rings. The van der Waals surface area contributed by atoms with Crippen LogP contribution in [0.1, 0.15) is 4.88 Å². The number of thiophene rings is 1. The summed E-state index contributed by atoms with van der Waals surface area (Å²) in [5.41, 5.74) is 1.37. The van der Waals surface area contributed by atoms with Gasteiger partial charge in [0.1, 0.15) is 4.32 Å². The van der Waals surface area contributed by atoms with Crippen molar-refractivity contribution in [2.24, 2.45) is 0 Å². The van der Waals surface area contributed by atoms with Gasteiger partial charge in [-0.25, -0.2) is 8.78 Å². The van der Waals surface area contributed by atoms with E-state index in [-0.39, 0.29) is 5.91 Å². The number of thiocarbonyl (C=S) groups is 1. The molecule has 1 aliphatic heterocycles. The fourth-order valence-corrected chi connectivity index (χ4v) is 3.76. The minimum Gasteiger partial charge on any atom is -0.307 e. The van der Waals surface area contributed by atoms with Gasteiger partial charge in [-0.15, -0.1) is 11.3 Å². The van der Waals surface area contributed by atoms with Gasteiger partial charge in [-0.2, -0.15) is 0 Å². The second-order valence-corrected chi connectivity index (χ2v) is 6.88. The third-order valence-electron chi connectivity index (χ3n) is 2.79. The molecular weight excluding hydrogens is 332 g/mol. The molecule has 0 aliphatic carbocycles. The van der Waals surface area contributed by atoms with Crippen molar-refractivity contribution in [1.82, 2.24) is 5.32 Å². The Hall–Kier alpha value is -1.57. The summed E-state index contributed by atoms with van der Waals surface area (Å²) >= 11 is 7.54. The van der Waals surface area contributed by atoms with Crippen LogP contribution in [0.2, 0.25) is 0 Å². The van der Waals surface area contributed by atoms with Crippen LogP contribution in [0, 0.1) is 11.6 Å². The molecule has 0 unspecified atom stereocenters. The minimum atomic E-state index is -0.880. The second kappa shape index (κ2) is 5.67. The van der Waals surface area contributed by atoms with Crippen LogP contribution in [0.25, 0.3) is 17.2 Å². The van der Waals surface area contributed by atoms with Crippen molar-refractivity contribution >= 4 is 51.6 Å². The molecule has 2 heterocycles. The third-order valence-corrected chi connectivity index (χ3v) is 4.83. The number of halogens is 2. The van der Waals surface area contributed by atoms with E-state index in [0.29, 0.717) is 14.8 Å². The number of hydrogen-bond donors (Lipinski definition) is 1. The average molecular weight is 339 g/mol. The highest BCUT2D eigenvalue weighted by molar-refractivity contribution is 8.26. The van der Waals surface area contributed by atoms with Gasteiger partial charge in [-0.3, -0.25) is 4.79 Å². The lowest BCUT2D eigenvalue weighted by atomic mass is 10.1. The number of hydrogen-bond acceptors (Lipinski definition) is 4. The smallest absolute Gasteiger partial charge is 0.263 e. The summed E-state index contributed by atoms with van der Waals surface area (Å²) in [6.07, 6.45) is 1.73. The summed E-state index contributed by atoms with van der Waals surface area (Å²) in [7, 11) is 0. The fraction of sp³-hybridized carbons (Fsp3) is 0. The van der Waals surface area contributed by atoms with Crippen LogP contribution in [0.15, 0.2) is 34.6 Å². The van der Waals surface area contributed by atoms with E-state index in [1.165, 1.54) is 29.2 Å². The molecule has 1 N–H and O–H groups in total. The van der Waals surface area contributed by atoms with Gasteiger partial charge in [0.05, 0.1) is 4.91 Å². The van der Waals surface area contributed by atoms with E-state index in [2.05, 4.69) is 5.32 Å². The van der Waals surface area contributed by atoms with Crippen molar-refractivity contribution in [3.8, 4) is 11.1 Å². The quantitative estimate of drug-likeness (QED) is 0.657. The number of carbonyl (C=O) groups is 1. The number of carbonyl (C=O) groups excluding carboxylic acids is 1. The van der Waals surface area contributed by atoms with Gasteiger partial charge in [0.2, 0.25) is 0 Å². The Morgan fingerprint density at radius 3 is 2.62 bits per heavy atom. The van der Waals surface area contributed by atoms with Crippen molar-refractivity contribution in [3.05, 3.63) is 51.1 Å². The van der Waals surface area contributed by atoms with Gasteiger partial charge in [-0.1, -0.05) is 30.0 Å². The van der Waals surface area contributed by atoms with E-state index < -0.39 is 11.6 Å². The number of amides is 1. The lowest BCUT2D eigenvalue weighted by Crippen LogP contribution is -2.17. The van der Waals surface area contributed by atoms with E-state index in [1.807, 2.05) is 11.4 Å². The molecule has 0 bridgehead atoms. The van der Waals surface area contributed by atoms with Gasteiger partial charge in [0, 0.05) is 4.88 Å². The Labute approximate surface area is 132 Å². The highest BCUT2D eigenvalue weighted by Crippen LogP contribution is 2.31. The number of benzene rings is 1. The SMILES string of the molecule is O=C1NC(=S)SC1=Cc1cc(-c2ccc(F)c(F)c2)cs1. The first-order valence-electron chi connectivity index (χ1n) is 5.82. The third kappa shape index (κ3) is 3.04. The normalized spacial score (nSPS) is 16.6. The van der Waals surface area contributed by atoms with Crippen LogP contribution < -0.4 is 5.32 Å². The number of nitrogens with one attached hydrogen (secondary N) is 1. The summed E-state index contributed by atoms with van der Waals surface area (Å²) in [5, 5.41) is 4.37. The monoisotopic (exact) mass is 339 g/mol. The first-order valence-corrected chi connectivity index (χ1v) is 7.92. The van der Waals surface area contributed by atoms with E-state index in [9.17, 15) is 13.6 Å².